The van der Waals surface area contributed by atoms with E-state index in [0.717, 1.165) is 43.6 Å². The molecule has 1 saturated heterocycles. The first kappa shape index (κ1) is 31.7. The molecule has 2 N–H and O–H groups in total. The molecule has 2 unspecified atom stereocenters. The van der Waals surface area contributed by atoms with Gasteiger partial charge in [0, 0.05) is 18.1 Å². The van der Waals surface area contributed by atoms with Crippen LogP contribution in [0.3, 0.4) is 0 Å². The maximum atomic E-state index is 12.5. The molecule has 2 aromatic rings. The van der Waals surface area contributed by atoms with Gasteiger partial charge in [-0.05, 0) is 69.2 Å². The number of quaternary nitrogens is 1. The molecule has 0 spiro atoms. The van der Waals surface area contributed by atoms with Crippen LogP contribution < -0.4 is 10.6 Å². The molecule has 0 bridgehead atoms. The average Bonchev–Trinajstić information content (AvgIpc) is 2.93. The van der Waals surface area contributed by atoms with Gasteiger partial charge in [0.15, 0.2) is 0 Å². The van der Waals surface area contributed by atoms with Crippen molar-refractivity contribution in [3.63, 3.8) is 0 Å². The van der Waals surface area contributed by atoms with E-state index < -0.39 is 17.8 Å². The highest BCUT2D eigenvalue weighted by Gasteiger charge is 2.32. The number of halogens is 1. The number of hydrogen-bond donors (Lipinski definition) is 2. The van der Waals surface area contributed by atoms with Gasteiger partial charge < -0.3 is 24.8 Å². The second kappa shape index (κ2) is 15.3. The van der Waals surface area contributed by atoms with E-state index in [4.69, 9.17) is 25.8 Å². The largest absolute Gasteiger partial charge is 0.444 e. The third-order valence-corrected chi connectivity index (χ3v) is 7.20. The van der Waals surface area contributed by atoms with Gasteiger partial charge in [-0.3, -0.25) is 4.48 Å². The Bertz CT molecular complexity index is 1050. The fourth-order valence-electron chi connectivity index (χ4n) is 4.76. The van der Waals surface area contributed by atoms with E-state index in [9.17, 15) is 9.59 Å². The van der Waals surface area contributed by atoms with Crippen LogP contribution in [0.2, 0.25) is 5.02 Å². The van der Waals surface area contributed by atoms with Crippen LogP contribution in [0.15, 0.2) is 54.6 Å². The Hall–Kier alpha value is -2.81. The third kappa shape index (κ3) is 11.0. The Labute approximate surface area is 243 Å². The summed E-state index contributed by atoms with van der Waals surface area (Å²) in [5.74, 6) is 0.0226. The van der Waals surface area contributed by atoms with Crippen LogP contribution in [-0.2, 0) is 14.2 Å². The van der Waals surface area contributed by atoms with Crippen molar-refractivity contribution in [2.45, 2.75) is 58.7 Å². The number of carbonyl (C=O) groups is 2. The van der Waals surface area contributed by atoms with Gasteiger partial charge >= 0.3 is 12.2 Å². The Balaban J connectivity index is 1.50. The van der Waals surface area contributed by atoms with Crippen molar-refractivity contribution in [1.29, 1.82) is 0 Å². The number of amides is 2. The third-order valence-electron chi connectivity index (χ3n) is 6.95. The minimum atomic E-state index is -0.550. The first-order valence-electron chi connectivity index (χ1n) is 14.2. The van der Waals surface area contributed by atoms with Gasteiger partial charge in [0.25, 0.3) is 0 Å². The van der Waals surface area contributed by atoms with Crippen molar-refractivity contribution in [2.75, 3.05) is 46.1 Å². The monoisotopic (exact) mass is 574 g/mol. The molecule has 2 aromatic carbocycles. The van der Waals surface area contributed by atoms with E-state index in [-0.39, 0.29) is 12.0 Å². The van der Waals surface area contributed by atoms with E-state index in [1.165, 1.54) is 6.42 Å². The second-order valence-corrected chi connectivity index (χ2v) is 12.2. The molecule has 9 heteroatoms. The molecule has 40 heavy (non-hydrogen) atoms. The normalized spacial score (nSPS) is 16.4. The van der Waals surface area contributed by atoms with Crippen molar-refractivity contribution in [2.24, 2.45) is 5.92 Å². The molecule has 2 atom stereocenters. The zero-order valence-corrected chi connectivity index (χ0v) is 25.0. The molecule has 1 fully saturated rings. The quantitative estimate of drug-likeness (QED) is 0.291. The first-order valence-corrected chi connectivity index (χ1v) is 14.6. The lowest BCUT2D eigenvalue weighted by Crippen LogP contribution is -2.55. The van der Waals surface area contributed by atoms with Crippen molar-refractivity contribution >= 4 is 23.8 Å². The van der Waals surface area contributed by atoms with Gasteiger partial charge in [0.05, 0.1) is 19.7 Å². The molecule has 1 aliphatic heterocycles. The minimum Gasteiger partial charge on any atom is -0.444 e. The predicted molar refractivity (Wildman–Crippen MR) is 157 cm³/mol. The van der Waals surface area contributed by atoms with Crippen LogP contribution in [-0.4, -0.2) is 68.3 Å². The predicted octanol–water partition coefficient (Wildman–Crippen LogP) is 6.29. The lowest BCUT2D eigenvalue weighted by molar-refractivity contribution is -0.948. The average molecular weight is 575 g/mol. The number of alkyl carbamates (subject to hydrolysis) is 2. The van der Waals surface area contributed by atoms with Gasteiger partial charge in [-0.2, -0.15) is 0 Å². The fourth-order valence-corrected chi connectivity index (χ4v) is 4.89. The number of ether oxygens (including phenoxy) is 3. The molecule has 0 aromatic heterocycles. The fraction of sp³-hybridized carbons (Fsp3) is 0.548. The number of rotatable bonds is 12. The summed E-state index contributed by atoms with van der Waals surface area (Å²) in [5, 5.41) is 6.25. The van der Waals surface area contributed by atoms with E-state index in [2.05, 4.69) is 22.8 Å². The van der Waals surface area contributed by atoms with Gasteiger partial charge in [0.1, 0.15) is 18.2 Å². The maximum absolute atomic E-state index is 12.5. The van der Waals surface area contributed by atoms with Gasteiger partial charge in [-0.1, -0.05) is 61.0 Å². The topological polar surface area (TPSA) is 85.9 Å². The van der Waals surface area contributed by atoms with E-state index in [1.54, 1.807) is 0 Å². The van der Waals surface area contributed by atoms with Gasteiger partial charge in [-0.15, -0.1) is 0 Å². The highest BCUT2D eigenvalue weighted by atomic mass is 35.5. The molecule has 0 saturated carbocycles. The van der Waals surface area contributed by atoms with Crippen LogP contribution in [0, 0.1) is 5.92 Å². The zero-order chi connectivity index (χ0) is 29.0. The maximum Gasteiger partial charge on any atom is 0.411 e. The lowest BCUT2D eigenvalue weighted by Gasteiger charge is -2.40. The van der Waals surface area contributed by atoms with Crippen LogP contribution in [0.1, 0.15) is 64.2 Å². The molecule has 1 aliphatic rings. The van der Waals surface area contributed by atoms with Crippen LogP contribution >= 0.6 is 11.6 Å². The number of likely N-dealkylation sites (tertiary alicyclic amines) is 1. The Morgan fingerprint density at radius 2 is 1.50 bits per heavy atom. The van der Waals surface area contributed by atoms with Crippen LogP contribution in [0.25, 0.3) is 0 Å². The summed E-state index contributed by atoms with van der Waals surface area (Å²) in [6.45, 7) is 11.7. The molecule has 2 amide bonds. The van der Waals surface area contributed by atoms with E-state index in [0.29, 0.717) is 35.9 Å². The number of carbonyl (C=O) groups excluding carboxylic acids is 2. The molecular formula is C31H45ClN3O5+. The molecule has 0 radical (unpaired) electrons. The highest BCUT2D eigenvalue weighted by Crippen LogP contribution is 2.28. The van der Waals surface area contributed by atoms with Crippen LogP contribution in [0.5, 0.6) is 0 Å². The molecule has 220 valence electrons. The van der Waals surface area contributed by atoms with Crippen molar-refractivity contribution in [3.05, 3.63) is 70.7 Å². The molecule has 8 nitrogen and oxygen atoms in total. The van der Waals surface area contributed by atoms with Crippen molar-refractivity contribution in [1.82, 2.24) is 10.6 Å². The lowest BCUT2D eigenvalue weighted by atomic mass is 10.0. The minimum absolute atomic E-state index is 0.0226. The van der Waals surface area contributed by atoms with Gasteiger partial charge in [-0.25, -0.2) is 9.59 Å². The Morgan fingerprint density at radius 1 is 0.900 bits per heavy atom. The number of benzene rings is 2. The molecule has 0 aliphatic carbocycles. The van der Waals surface area contributed by atoms with Crippen molar-refractivity contribution < 1.29 is 28.3 Å². The summed E-state index contributed by atoms with van der Waals surface area (Å²) in [7, 11) is 0. The summed E-state index contributed by atoms with van der Waals surface area (Å²) in [6.07, 6.45) is 2.26. The SMILES string of the molecule is CC(CNC(=O)OC[N+]1(CCOC(c2ccccc2)c2ccc(Cl)cc2)CCCCC1)CNC(=O)OC(C)(C)C. The summed E-state index contributed by atoms with van der Waals surface area (Å²) in [4.78, 5) is 24.4. The zero-order valence-electron chi connectivity index (χ0n) is 24.3. The smallest absolute Gasteiger partial charge is 0.411 e. The summed E-state index contributed by atoms with van der Waals surface area (Å²) < 4.78 is 18.1. The molecule has 1 heterocycles. The summed E-state index contributed by atoms with van der Waals surface area (Å²) in [5.41, 5.74) is 1.58. The molecular weight excluding hydrogens is 530 g/mol. The van der Waals surface area contributed by atoms with Crippen LogP contribution in [0.4, 0.5) is 9.59 Å². The number of piperidine rings is 1. The number of nitrogens with zero attached hydrogens (tertiary/aromatic N) is 1. The summed E-state index contributed by atoms with van der Waals surface area (Å²) >= 11 is 6.12. The van der Waals surface area contributed by atoms with Crippen molar-refractivity contribution in [3.8, 4) is 0 Å². The second-order valence-electron chi connectivity index (χ2n) is 11.7. The number of hydrogen-bond acceptors (Lipinski definition) is 5. The van der Waals surface area contributed by atoms with Gasteiger partial charge in [0.2, 0.25) is 6.73 Å². The van der Waals surface area contributed by atoms with E-state index in [1.807, 2.05) is 70.2 Å². The van der Waals surface area contributed by atoms with E-state index >= 15 is 0 Å². The Morgan fingerprint density at radius 3 is 2.12 bits per heavy atom. The first-order chi connectivity index (χ1) is 19.1. The standard InChI is InChI=1S/C31H44ClN3O5/c1-24(22-34-30(37)40-31(2,3)4)21-33-29(36)39-23-35(17-9-6-10-18-35)19-20-38-28(25-11-7-5-8-12-25)26-13-15-27(32)16-14-26/h5,7-8,11-16,24,28H,6,9-10,17-23H2,1-4H3,(H-,33,34,36,37)/p+1. The Kier molecular flexibility index (Phi) is 12.1. The highest BCUT2D eigenvalue weighted by molar-refractivity contribution is 6.30. The molecule has 3 rings (SSSR count). The summed E-state index contributed by atoms with van der Waals surface area (Å²) in [6, 6.07) is 17.9. The number of nitrogens with one attached hydrogen (secondary N) is 2.